The number of ether oxygens (including phenoxy) is 1. The number of fused-ring (bicyclic) bond motifs is 1. The minimum Gasteiger partial charge on any atom is -0.497 e. The molecule has 5 heteroatoms. The molecule has 0 fully saturated rings. The second-order valence-electron chi connectivity index (χ2n) is 4.76. The summed E-state index contributed by atoms with van der Waals surface area (Å²) in [6, 6.07) is 11.2. The number of H-pyrrole nitrogens is 1. The highest BCUT2D eigenvalue weighted by Crippen LogP contribution is 2.18. The van der Waals surface area contributed by atoms with Crippen LogP contribution in [0.2, 0.25) is 0 Å². The topological polar surface area (TPSA) is 67.3 Å². The van der Waals surface area contributed by atoms with E-state index in [1.807, 2.05) is 36.4 Å². The Bertz CT molecular complexity index is 791. The maximum absolute atomic E-state index is 12.1. The van der Waals surface area contributed by atoms with Gasteiger partial charge in [-0.3, -0.25) is 4.79 Å². The summed E-state index contributed by atoms with van der Waals surface area (Å²) in [7, 11) is 1.60. The molecule has 5 nitrogen and oxygen atoms in total. The van der Waals surface area contributed by atoms with Gasteiger partial charge in [0.15, 0.2) is 0 Å². The van der Waals surface area contributed by atoms with Crippen molar-refractivity contribution in [3.8, 4) is 5.75 Å². The third-order valence-electron chi connectivity index (χ3n) is 3.32. The van der Waals surface area contributed by atoms with Gasteiger partial charge in [-0.05, 0) is 35.7 Å². The van der Waals surface area contributed by atoms with Gasteiger partial charge in [0, 0.05) is 18.2 Å². The number of hydrogen-bond donors (Lipinski definition) is 2. The van der Waals surface area contributed by atoms with Crippen LogP contribution < -0.4 is 15.6 Å². The predicted octanol–water partition coefficient (Wildman–Crippen LogP) is 2.42. The van der Waals surface area contributed by atoms with E-state index in [-0.39, 0.29) is 5.56 Å². The third-order valence-corrected chi connectivity index (χ3v) is 3.32. The summed E-state index contributed by atoms with van der Waals surface area (Å²) < 4.78 is 10.4. The highest BCUT2D eigenvalue weighted by molar-refractivity contribution is 5.80. The maximum Gasteiger partial charge on any atom is 0.252 e. The van der Waals surface area contributed by atoms with E-state index in [2.05, 4.69) is 10.3 Å². The second kappa shape index (κ2) is 5.85. The minimum absolute atomic E-state index is 0.0947. The third kappa shape index (κ3) is 2.98. The van der Waals surface area contributed by atoms with Gasteiger partial charge in [0.05, 0.1) is 25.4 Å². The lowest BCUT2D eigenvalue weighted by Gasteiger charge is -2.06. The normalized spacial score (nSPS) is 10.9. The molecule has 3 aromatic rings. The SMILES string of the molecule is COc1ccc2cc(CNCc3ccco3)c(=O)[nH]c2c1. The highest BCUT2D eigenvalue weighted by Gasteiger charge is 2.04. The van der Waals surface area contributed by atoms with Crippen molar-refractivity contribution < 1.29 is 9.15 Å². The van der Waals surface area contributed by atoms with Gasteiger partial charge in [0.1, 0.15) is 11.5 Å². The quantitative estimate of drug-likeness (QED) is 0.755. The molecule has 3 rings (SSSR count). The average molecular weight is 284 g/mol. The molecule has 2 heterocycles. The molecule has 0 unspecified atom stereocenters. The lowest BCUT2D eigenvalue weighted by atomic mass is 10.1. The monoisotopic (exact) mass is 284 g/mol. The van der Waals surface area contributed by atoms with E-state index >= 15 is 0 Å². The molecular weight excluding hydrogens is 268 g/mol. The van der Waals surface area contributed by atoms with Crippen molar-refractivity contribution in [1.82, 2.24) is 10.3 Å². The van der Waals surface area contributed by atoms with Crippen LogP contribution in [0.1, 0.15) is 11.3 Å². The molecule has 0 bridgehead atoms. The summed E-state index contributed by atoms with van der Waals surface area (Å²) in [5, 5.41) is 4.17. The van der Waals surface area contributed by atoms with Crippen LogP contribution in [0.3, 0.4) is 0 Å². The van der Waals surface area contributed by atoms with Crippen molar-refractivity contribution in [2.75, 3.05) is 7.11 Å². The highest BCUT2D eigenvalue weighted by atomic mass is 16.5. The Morgan fingerprint density at radius 2 is 2.14 bits per heavy atom. The van der Waals surface area contributed by atoms with Crippen LogP contribution in [0.4, 0.5) is 0 Å². The number of benzene rings is 1. The Labute approximate surface area is 121 Å². The number of aromatic amines is 1. The first-order valence-corrected chi connectivity index (χ1v) is 6.69. The van der Waals surface area contributed by atoms with Gasteiger partial charge in [-0.2, -0.15) is 0 Å². The molecule has 0 spiro atoms. The molecule has 0 aliphatic rings. The smallest absolute Gasteiger partial charge is 0.252 e. The Kier molecular flexibility index (Phi) is 3.75. The Balaban J connectivity index is 1.79. The first-order valence-electron chi connectivity index (χ1n) is 6.69. The summed E-state index contributed by atoms with van der Waals surface area (Å²) in [5.41, 5.74) is 1.37. The van der Waals surface area contributed by atoms with Gasteiger partial charge >= 0.3 is 0 Å². The van der Waals surface area contributed by atoms with Gasteiger partial charge < -0.3 is 19.5 Å². The van der Waals surface area contributed by atoms with Crippen molar-refractivity contribution in [2.45, 2.75) is 13.1 Å². The predicted molar refractivity (Wildman–Crippen MR) is 80.4 cm³/mol. The first-order chi connectivity index (χ1) is 10.3. The van der Waals surface area contributed by atoms with Gasteiger partial charge in [0.2, 0.25) is 0 Å². The second-order valence-corrected chi connectivity index (χ2v) is 4.76. The van der Waals surface area contributed by atoms with Crippen molar-refractivity contribution in [1.29, 1.82) is 0 Å². The molecule has 108 valence electrons. The van der Waals surface area contributed by atoms with Gasteiger partial charge in [-0.1, -0.05) is 0 Å². The number of aromatic nitrogens is 1. The van der Waals surface area contributed by atoms with Gasteiger partial charge in [-0.15, -0.1) is 0 Å². The molecule has 0 amide bonds. The number of furan rings is 1. The van der Waals surface area contributed by atoms with Crippen LogP contribution in [-0.4, -0.2) is 12.1 Å². The van der Waals surface area contributed by atoms with E-state index in [9.17, 15) is 4.79 Å². The summed E-state index contributed by atoms with van der Waals surface area (Å²) >= 11 is 0. The molecule has 0 radical (unpaired) electrons. The van der Waals surface area contributed by atoms with E-state index in [4.69, 9.17) is 9.15 Å². The van der Waals surface area contributed by atoms with Crippen LogP contribution in [0.15, 0.2) is 51.9 Å². The Hall–Kier alpha value is -2.53. The van der Waals surface area contributed by atoms with E-state index in [1.54, 1.807) is 13.4 Å². The zero-order chi connectivity index (χ0) is 14.7. The van der Waals surface area contributed by atoms with E-state index < -0.39 is 0 Å². The summed E-state index contributed by atoms with van der Waals surface area (Å²) in [6.45, 7) is 1.07. The minimum atomic E-state index is -0.0947. The lowest BCUT2D eigenvalue weighted by Crippen LogP contribution is -2.20. The lowest BCUT2D eigenvalue weighted by molar-refractivity contribution is 0.415. The van der Waals surface area contributed by atoms with E-state index in [0.29, 0.717) is 18.7 Å². The summed E-state index contributed by atoms with van der Waals surface area (Å²) in [4.78, 5) is 14.9. The summed E-state index contributed by atoms with van der Waals surface area (Å²) in [6.07, 6.45) is 1.63. The molecule has 0 saturated carbocycles. The molecule has 2 N–H and O–H groups in total. The molecule has 0 aliphatic heterocycles. The molecule has 0 atom stereocenters. The first kappa shape index (κ1) is 13.5. The zero-order valence-electron chi connectivity index (χ0n) is 11.7. The fraction of sp³-hybridized carbons (Fsp3) is 0.188. The molecule has 2 aromatic heterocycles. The van der Waals surface area contributed by atoms with Crippen LogP contribution in [0.5, 0.6) is 5.75 Å². The maximum atomic E-state index is 12.1. The largest absolute Gasteiger partial charge is 0.497 e. The molecule has 0 saturated heterocycles. The molecular formula is C16H16N2O3. The number of rotatable bonds is 5. The van der Waals surface area contributed by atoms with Crippen molar-refractivity contribution in [3.05, 3.63) is 64.3 Å². The number of nitrogens with one attached hydrogen (secondary N) is 2. The van der Waals surface area contributed by atoms with Crippen molar-refractivity contribution in [2.24, 2.45) is 0 Å². The Morgan fingerprint density at radius 3 is 2.90 bits per heavy atom. The van der Waals surface area contributed by atoms with E-state index in [0.717, 1.165) is 22.4 Å². The summed E-state index contributed by atoms with van der Waals surface area (Å²) in [5.74, 6) is 1.57. The van der Waals surface area contributed by atoms with E-state index in [1.165, 1.54) is 0 Å². The number of hydrogen-bond acceptors (Lipinski definition) is 4. The van der Waals surface area contributed by atoms with Gasteiger partial charge in [0.25, 0.3) is 5.56 Å². The average Bonchev–Trinajstić information content (AvgIpc) is 3.00. The Morgan fingerprint density at radius 1 is 1.24 bits per heavy atom. The molecule has 1 aromatic carbocycles. The van der Waals surface area contributed by atoms with Crippen molar-refractivity contribution >= 4 is 10.9 Å². The fourth-order valence-corrected chi connectivity index (χ4v) is 2.22. The van der Waals surface area contributed by atoms with Crippen LogP contribution in [0, 0.1) is 0 Å². The van der Waals surface area contributed by atoms with Crippen molar-refractivity contribution in [3.63, 3.8) is 0 Å². The molecule has 21 heavy (non-hydrogen) atoms. The number of methoxy groups -OCH3 is 1. The number of pyridine rings is 1. The van der Waals surface area contributed by atoms with Crippen LogP contribution in [0.25, 0.3) is 10.9 Å². The zero-order valence-corrected chi connectivity index (χ0v) is 11.7. The fourth-order valence-electron chi connectivity index (χ4n) is 2.22. The van der Waals surface area contributed by atoms with Crippen LogP contribution in [-0.2, 0) is 13.1 Å². The molecule has 0 aliphatic carbocycles. The standard InChI is InChI=1S/C16H16N2O3/c1-20-13-5-4-11-7-12(16(19)18-15(11)8-13)9-17-10-14-3-2-6-21-14/h2-8,17H,9-10H2,1H3,(H,18,19). The van der Waals surface area contributed by atoms with Gasteiger partial charge in [-0.25, -0.2) is 0 Å². The van der Waals surface area contributed by atoms with Crippen LogP contribution >= 0.6 is 0 Å².